The fraction of sp³-hybridized carbons (Fsp3) is 0. The van der Waals surface area contributed by atoms with Crippen molar-refractivity contribution < 1.29 is 19.8 Å². The number of carboxylic acid groups (broad SMARTS) is 2. The summed E-state index contributed by atoms with van der Waals surface area (Å²) in [6.45, 7) is 0. The number of nitrogens with zero attached hydrogens (tertiary/aromatic N) is 3. The van der Waals surface area contributed by atoms with Gasteiger partial charge in [0, 0.05) is 24.8 Å². The predicted octanol–water partition coefficient (Wildman–Crippen LogP) is 0.955. The number of rotatable bonds is 2. The van der Waals surface area contributed by atoms with Crippen molar-refractivity contribution in [2.24, 2.45) is 0 Å². The van der Waals surface area contributed by atoms with Gasteiger partial charge < -0.3 is 10.2 Å². The molecule has 7 nitrogen and oxygen atoms in total. The van der Waals surface area contributed by atoms with Crippen molar-refractivity contribution in [2.45, 2.75) is 0 Å². The van der Waals surface area contributed by atoms with Gasteiger partial charge in [0.05, 0.1) is 11.8 Å². The van der Waals surface area contributed by atoms with E-state index in [2.05, 4.69) is 15.0 Å². The summed E-state index contributed by atoms with van der Waals surface area (Å²) in [7, 11) is 0. The smallest absolute Gasteiger partial charge is 0.356 e. The van der Waals surface area contributed by atoms with Gasteiger partial charge in [-0.2, -0.15) is 0 Å². The monoisotopic (exact) mass is 247 g/mol. The van der Waals surface area contributed by atoms with Gasteiger partial charge in [-0.05, 0) is 12.1 Å². The van der Waals surface area contributed by atoms with Crippen LogP contribution in [0.1, 0.15) is 20.8 Å². The third-order valence-corrected chi connectivity index (χ3v) is 1.69. The highest BCUT2D eigenvalue weighted by Gasteiger charge is 2.00. The average Bonchev–Trinajstić information content (AvgIpc) is 2.41. The average molecular weight is 247 g/mol. The van der Waals surface area contributed by atoms with Crippen molar-refractivity contribution in [3.63, 3.8) is 0 Å². The van der Waals surface area contributed by atoms with Crippen LogP contribution in [0.25, 0.3) is 0 Å². The topological polar surface area (TPSA) is 113 Å². The molecule has 0 aliphatic heterocycles. The molecule has 7 heteroatoms. The summed E-state index contributed by atoms with van der Waals surface area (Å²) >= 11 is 0. The second kappa shape index (κ2) is 6.69. The van der Waals surface area contributed by atoms with E-state index in [4.69, 9.17) is 10.2 Å². The molecule has 0 fully saturated rings. The second-order valence-electron chi connectivity index (χ2n) is 2.94. The molecular weight excluding hydrogens is 238 g/mol. The van der Waals surface area contributed by atoms with E-state index < -0.39 is 11.9 Å². The van der Waals surface area contributed by atoms with Crippen LogP contribution in [0.15, 0.2) is 43.1 Å². The van der Waals surface area contributed by atoms with Gasteiger partial charge >= 0.3 is 11.9 Å². The molecule has 0 aliphatic carbocycles. The third kappa shape index (κ3) is 4.35. The quantitative estimate of drug-likeness (QED) is 0.812. The normalized spacial score (nSPS) is 8.89. The largest absolute Gasteiger partial charge is 0.478 e. The first-order valence-electron chi connectivity index (χ1n) is 4.74. The molecule has 0 aromatic carbocycles. The molecule has 0 radical (unpaired) electrons. The predicted molar refractivity (Wildman–Crippen MR) is 60.2 cm³/mol. The molecule has 0 spiro atoms. The Balaban J connectivity index is 0.000000180. The Labute approximate surface area is 102 Å². The Kier molecular flexibility index (Phi) is 4.92. The zero-order valence-corrected chi connectivity index (χ0v) is 9.09. The van der Waals surface area contributed by atoms with E-state index in [1.807, 2.05) is 0 Å². The number of hydrogen-bond acceptors (Lipinski definition) is 5. The SMILES string of the molecule is O=C(O)c1cccnc1.O=C(O)c1cnccn1. The molecule has 2 aromatic rings. The molecule has 0 unspecified atom stereocenters. The van der Waals surface area contributed by atoms with Gasteiger partial charge in [0.2, 0.25) is 0 Å². The van der Waals surface area contributed by atoms with Crippen LogP contribution in [0.3, 0.4) is 0 Å². The van der Waals surface area contributed by atoms with E-state index in [1.54, 1.807) is 6.07 Å². The van der Waals surface area contributed by atoms with Crippen molar-refractivity contribution in [3.05, 3.63) is 54.4 Å². The number of pyridine rings is 1. The Morgan fingerprint density at radius 3 is 2.00 bits per heavy atom. The molecule has 2 heterocycles. The molecular formula is C11H9N3O4. The van der Waals surface area contributed by atoms with Crippen LogP contribution < -0.4 is 0 Å². The number of hydrogen-bond donors (Lipinski definition) is 2. The van der Waals surface area contributed by atoms with Crippen LogP contribution in [-0.2, 0) is 0 Å². The highest BCUT2D eigenvalue weighted by Crippen LogP contribution is 1.92. The summed E-state index contributed by atoms with van der Waals surface area (Å²) in [6, 6.07) is 3.08. The summed E-state index contributed by atoms with van der Waals surface area (Å²) in [4.78, 5) is 31.0. The molecule has 0 aliphatic rings. The molecule has 92 valence electrons. The lowest BCUT2D eigenvalue weighted by atomic mass is 10.3. The highest BCUT2D eigenvalue weighted by molar-refractivity contribution is 5.87. The zero-order chi connectivity index (χ0) is 13.4. The minimum absolute atomic E-state index is 0.0301. The Morgan fingerprint density at radius 1 is 0.944 bits per heavy atom. The van der Waals surface area contributed by atoms with Crippen LogP contribution in [0.5, 0.6) is 0 Å². The van der Waals surface area contributed by atoms with Gasteiger partial charge in [-0.1, -0.05) is 0 Å². The first-order valence-corrected chi connectivity index (χ1v) is 4.74. The molecule has 0 amide bonds. The van der Waals surface area contributed by atoms with Crippen LogP contribution in [-0.4, -0.2) is 37.1 Å². The van der Waals surface area contributed by atoms with E-state index >= 15 is 0 Å². The summed E-state index contributed by atoms with van der Waals surface area (Å²) in [6.07, 6.45) is 6.80. The molecule has 0 bridgehead atoms. The third-order valence-electron chi connectivity index (χ3n) is 1.69. The van der Waals surface area contributed by atoms with E-state index in [9.17, 15) is 9.59 Å². The summed E-state index contributed by atoms with van der Waals surface area (Å²) in [5, 5.41) is 16.6. The van der Waals surface area contributed by atoms with Gasteiger partial charge in [0.15, 0.2) is 5.69 Å². The van der Waals surface area contributed by atoms with Crippen molar-refractivity contribution in [3.8, 4) is 0 Å². The van der Waals surface area contributed by atoms with Crippen molar-refractivity contribution in [1.29, 1.82) is 0 Å². The lowest BCUT2D eigenvalue weighted by Crippen LogP contribution is -1.99. The zero-order valence-electron chi connectivity index (χ0n) is 9.09. The summed E-state index contributed by atoms with van der Waals surface area (Å²) in [5.41, 5.74) is 0.190. The fourth-order valence-corrected chi connectivity index (χ4v) is 0.899. The molecule has 2 aromatic heterocycles. The van der Waals surface area contributed by atoms with Gasteiger partial charge in [-0.3, -0.25) is 9.97 Å². The van der Waals surface area contributed by atoms with Crippen molar-refractivity contribution in [1.82, 2.24) is 15.0 Å². The standard InChI is InChI=1S/C6H5NO2.C5H4N2O2/c8-6(9)5-2-1-3-7-4-5;8-5(9)4-3-6-1-2-7-4/h1-4H,(H,8,9);1-3H,(H,8,9). The van der Waals surface area contributed by atoms with E-state index in [0.717, 1.165) is 0 Å². The highest BCUT2D eigenvalue weighted by atomic mass is 16.4. The van der Waals surface area contributed by atoms with Gasteiger partial charge in [-0.25, -0.2) is 14.6 Å². The van der Waals surface area contributed by atoms with Crippen LogP contribution in [0.4, 0.5) is 0 Å². The first kappa shape index (κ1) is 13.2. The lowest BCUT2D eigenvalue weighted by molar-refractivity contribution is 0.0682. The van der Waals surface area contributed by atoms with Gasteiger partial charge in [0.1, 0.15) is 0 Å². The minimum atomic E-state index is -1.05. The lowest BCUT2D eigenvalue weighted by Gasteiger charge is -1.87. The molecule has 2 rings (SSSR count). The summed E-state index contributed by atoms with van der Waals surface area (Å²) in [5.74, 6) is -1.99. The number of aromatic carboxylic acids is 2. The molecule has 18 heavy (non-hydrogen) atoms. The van der Waals surface area contributed by atoms with E-state index in [1.165, 1.54) is 37.1 Å². The maximum atomic E-state index is 10.2. The maximum Gasteiger partial charge on any atom is 0.356 e. The van der Waals surface area contributed by atoms with Crippen molar-refractivity contribution >= 4 is 11.9 Å². The molecule has 2 N–H and O–H groups in total. The van der Waals surface area contributed by atoms with Crippen LogP contribution in [0, 0.1) is 0 Å². The van der Waals surface area contributed by atoms with Gasteiger partial charge in [-0.15, -0.1) is 0 Å². The Bertz CT molecular complexity index is 467. The number of carboxylic acids is 2. The fourth-order valence-electron chi connectivity index (χ4n) is 0.899. The maximum absolute atomic E-state index is 10.2. The van der Waals surface area contributed by atoms with Crippen LogP contribution in [0.2, 0.25) is 0 Å². The Morgan fingerprint density at radius 2 is 1.67 bits per heavy atom. The van der Waals surface area contributed by atoms with Gasteiger partial charge in [0.25, 0.3) is 0 Å². The molecule has 0 saturated heterocycles. The second-order valence-corrected chi connectivity index (χ2v) is 2.94. The van der Waals surface area contributed by atoms with E-state index in [0.29, 0.717) is 0 Å². The molecule has 0 atom stereocenters. The van der Waals surface area contributed by atoms with Crippen molar-refractivity contribution in [2.75, 3.05) is 0 Å². The number of carbonyl (C=O) groups is 2. The molecule has 0 saturated carbocycles. The minimum Gasteiger partial charge on any atom is -0.478 e. The van der Waals surface area contributed by atoms with E-state index in [-0.39, 0.29) is 11.3 Å². The summed E-state index contributed by atoms with van der Waals surface area (Å²) < 4.78 is 0. The number of aromatic nitrogens is 3. The Hall–Kier alpha value is -2.83. The first-order chi connectivity index (χ1) is 8.61. The van der Waals surface area contributed by atoms with Crippen LogP contribution >= 0.6 is 0 Å².